The molecule has 1 saturated heterocycles. The van der Waals surface area contributed by atoms with E-state index in [4.69, 9.17) is 9.15 Å². The molecule has 0 unspecified atom stereocenters. The van der Waals surface area contributed by atoms with Crippen LogP contribution in [0.4, 0.5) is 4.79 Å². The molecule has 0 spiro atoms. The largest absolute Gasteiger partial charge is 0.468 e. The molecule has 1 aliphatic heterocycles. The van der Waals surface area contributed by atoms with Crippen molar-refractivity contribution in [2.45, 2.75) is 6.92 Å². The fourth-order valence-electron chi connectivity index (χ4n) is 2.76. The van der Waals surface area contributed by atoms with Crippen molar-refractivity contribution in [2.24, 2.45) is 0 Å². The highest BCUT2D eigenvalue weighted by Crippen LogP contribution is 2.28. The first-order chi connectivity index (χ1) is 13.8. The second-order valence-electron chi connectivity index (χ2n) is 6.18. The van der Waals surface area contributed by atoms with Gasteiger partial charge in [-0.25, -0.2) is 14.5 Å². The molecule has 1 aromatic carbocycles. The number of hydrogen-bond acceptors (Lipinski definition) is 7. The summed E-state index contributed by atoms with van der Waals surface area (Å²) >= 11 is 0. The van der Waals surface area contributed by atoms with E-state index in [9.17, 15) is 19.2 Å². The molecule has 0 radical (unpaired) electrons. The Morgan fingerprint density at radius 2 is 1.90 bits per heavy atom. The summed E-state index contributed by atoms with van der Waals surface area (Å²) in [6.45, 7) is 1.38. The number of furan rings is 1. The van der Waals surface area contributed by atoms with E-state index < -0.39 is 30.4 Å². The highest BCUT2D eigenvalue weighted by atomic mass is 16.5. The van der Waals surface area contributed by atoms with Crippen LogP contribution in [0.1, 0.15) is 21.7 Å². The van der Waals surface area contributed by atoms with Crippen molar-refractivity contribution in [3.63, 3.8) is 0 Å². The summed E-state index contributed by atoms with van der Waals surface area (Å²) in [6.07, 6.45) is 1.36. The van der Waals surface area contributed by atoms with E-state index in [1.54, 1.807) is 30.3 Å². The normalized spacial score (nSPS) is 14.9. The molecule has 150 valence electrons. The third-order valence-corrected chi connectivity index (χ3v) is 4.31. The first-order valence-electron chi connectivity index (χ1n) is 8.54. The van der Waals surface area contributed by atoms with Crippen molar-refractivity contribution in [3.8, 4) is 11.3 Å². The number of imide groups is 1. The van der Waals surface area contributed by atoms with Crippen LogP contribution in [0.2, 0.25) is 0 Å². The summed E-state index contributed by atoms with van der Waals surface area (Å²) in [6, 6.07) is 7.66. The molecular weight excluding hydrogens is 380 g/mol. The molecule has 29 heavy (non-hydrogen) atoms. The lowest BCUT2D eigenvalue weighted by Gasteiger charge is -2.08. The number of benzene rings is 1. The smallest absolute Gasteiger partial charge is 0.337 e. The Balaban J connectivity index is 1.86. The van der Waals surface area contributed by atoms with E-state index in [1.807, 2.05) is 6.92 Å². The standard InChI is InChI=1S/C20H18N2O7/c1-11-4-5-12(19(25)28-3)8-14(11)16-7-6-13(29-16)9-15-18(24)22(20(26)21-15)10-17(23)27-2/h4-9H,10H2,1-3H3,(H,21,26)/b15-9+. The van der Waals surface area contributed by atoms with Gasteiger partial charge < -0.3 is 19.2 Å². The Bertz CT molecular complexity index is 1040. The molecule has 1 N–H and O–H groups in total. The molecule has 0 atom stereocenters. The second-order valence-corrected chi connectivity index (χ2v) is 6.18. The van der Waals surface area contributed by atoms with Crippen molar-refractivity contribution >= 4 is 30.0 Å². The predicted molar refractivity (Wildman–Crippen MR) is 100 cm³/mol. The second kappa shape index (κ2) is 8.01. The van der Waals surface area contributed by atoms with Crippen molar-refractivity contribution in [1.82, 2.24) is 10.2 Å². The van der Waals surface area contributed by atoms with Gasteiger partial charge in [-0.2, -0.15) is 0 Å². The van der Waals surface area contributed by atoms with Crippen LogP contribution in [0.15, 0.2) is 40.4 Å². The molecule has 3 amide bonds. The van der Waals surface area contributed by atoms with E-state index in [-0.39, 0.29) is 5.70 Å². The highest BCUT2D eigenvalue weighted by Gasteiger charge is 2.35. The quantitative estimate of drug-likeness (QED) is 0.466. The minimum absolute atomic E-state index is 0.0279. The maximum absolute atomic E-state index is 12.3. The van der Waals surface area contributed by atoms with Gasteiger partial charge in [0.1, 0.15) is 23.8 Å². The number of rotatable bonds is 5. The van der Waals surface area contributed by atoms with Gasteiger partial charge in [-0.3, -0.25) is 9.59 Å². The molecule has 1 aliphatic rings. The molecular formula is C20H18N2O7. The zero-order valence-electron chi connectivity index (χ0n) is 16.0. The molecule has 9 heteroatoms. The molecule has 3 rings (SSSR count). The monoisotopic (exact) mass is 398 g/mol. The van der Waals surface area contributed by atoms with Crippen LogP contribution in [0.25, 0.3) is 17.4 Å². The van der Waals surface area contributed by atoms with Gasteiger partial charge in [-0.1, -0.05) is 6.07 Å². The fraction of sp³-hybridized carbons (Fsp3) is 0.200. The van der Waals surface area contributed by atoms with Crippen molar-refractivity contribution in [1.29, 1.82) is 0 Å². The van der Waals surface area contributed by atoms with E-state index in [2.05, 4.69) is 10.1 Å². The van der Waals surface area contributed by atoms with Crippen molar-refractivity contribution in [3.05, 3.63) is 52.9 Å². The van der Waals surface area contributed by atoms with E-state index >= 15 is 0 Å². The number of carbonyl (C=O) groups is 4. The number of nitrogens with one attached hydrogen (secondary N) is 1. The Morgan fingerprint density at radius 3 is 2.59 bits per heavy atom. The maximum Gasteiger partial charge on any atom is 0.337 e. The Morgan fingerprint density at radius 1 is 1.14 bits per heavy atom. The van der Waals surface area contributed by atoms with Crippen molar-refractivity contribution < 1.29 is 33.1 Å². The average molecular weight is 398 g/mol. The number of amides is 3. The van der Waals surface area contributed by atoms with Gasteiger partial charge >= 0.3 is 18.0 Å². The molecule has 1 aromatic heterocycles. The number of urea groups is 1. The molecule has 2 aromatic rings. The van der Waals surface area contributed by atoms with Gasteiger partial charge in [0.2, 0.25) is 0 Å². The number of carbonyl (C=O) groups excluding carboxylic acids is 4. The van der Waals surface area contributed by atoms with Gasteiger partial charge in [-0.05, 0) is 36.8 Å². The van der Waals surface area contributed by atoms with Gasteiger partial charge in [0.25, 0.3) is 5.91 Å². The lowest BCUT2D eigenvalue weighted by Crippen LogP contribution is -2.36. The van der Waals surface area contributed by atoms with Crippen LogP contribution in [-0.2, 0) is 19.1 Å². The van der Waals surface area contributed by atoms with Gasteiger partial charge in [0.15, 0.2) is 0 Å². The predicted octanol–water partition coefficient (Wildman–Crippen LogP) is 2.11. The van der Waals surface area contributed by atoms with E-state index in [1.165, 1.54) is 20.3 Å². The molecule has 0 aliphatic carbocycles. The summed E-state index contributed by atoms with van der Waals surface area (Å²) < 4.78 is 15.0. The fourth-order valence-corrected chi connectivity index (χ4v) is 2.76. The number of esters is 2. The number of methoxy groups -OCH3 is 2. The lowest BCUT2D eigenvalue weighted by molar-refractivity contribution is -0.143. The minimum Gasteiger partial charge on any atom is -0.468 e. The van der Waals surface area contributed by atoms with Gasteiger partial charge in [0, 0.05) is 11.6 Å². The first-order valence-corrected chi connectivity index (χ1v) is 8.54. The third-order valence-electron chi connectivity index (χ3n) is 4.31. The Hall–Kier alpha value is -3.88. The Labute approximate surface area is 165 Å². The van der Waals surface area contributed by atoms with Crippen LogP contribution in [0.3, 0.4) is 0 Å². The maximum atomic E-state index is 12.3. The van der Waals surface area contributed by atoms with Crippen LogP contribution in [-0.4, -0.2) is 49.5 Å². The SMILES string of the molecule is COC(=O)CN1C(=O)N/C(=C/c2ccc(-c3cc(C(=O)OC)ccc3C)o2)C1=O. The third kappa shape index (κ3) is 4.03. The molecule has 9 nitrogen and oxygen atoms in total. The minimum atomic E-state index is -0.722. The summed E-state index contributed by atoms with van der Waals surface area (Å²) in [5.74, 6) is -1.06. The van der Waals surface area contributed by atoms with Gasteiger partial charge in [-0.15, -0.1) is 0 Å². The zero-order chi connectivity index (χ0) is 21.1. The Kier molecular flexibility index (Phi) is 5.49. The first kappa shape index (κ1) is 19.9. The summed E-state index contributed by atoms with van der Waals surface area (Å²) in [5.41, 5.74) is 1.91. The lowest BCUT2D eigenvalue weighted by atomic mass is 10.0. The summed E-state index contributed by atoms with van der Waals surface area (Å²) in [5, 5.41) is 2.39. The average Bonchev–Trinajstić information content (AvgIpc) is 3.27. The number of aryl methyl sites for hydroxylation is 1. The van der Waals surface area contributed by atoms with E-state index in [0.29, 0.717) is 22.6 Å². The van der Waals surface area contributed by atoms with Crippen molar-refractivity contribution in [2.75, 3.05) is 20.8 Å². The topological polar surface area (TPSA) is 115 Å². The number of hydrogen-bond donors (Lipinski definition) is 1. The zero-order valence-corrected chi connectivity index (χ0v) is 16.0. The highest BCUT2D eigenvalue weighted by molar-refractivity contribution is 6.15. The molecule has 0 saturated carbocycles. The molecule has 1 fully saturated rings. The van der Waals surface area contributed by atoms with Crippen LogP contribution in [0, 0.1) is 6.92 Å². The molecule has 0 bridgehead atoms. The number of nitrogens with zero attached hydrogens (tertiary/aromatic N) is 1. The molecule has 2 heterocycles. The van der Waals surface area contributed by atoms with Crippen LogP contribution >= 0.6 is 0 Å². The van der Waals surface area contributed by atoms with Crippen LogP contribution in [0.5, 0.6) is 0 Å². The summed E-state index contributed by atoms with van der Waals surface area (Å²) in [7, 11) is 2.47. The van der Waals surface area contributed by atoms with Gasteiger partial charge in [0.05, 0.1) is 19.8 Å². The van der Waals surface area contributed by atoms with Crippen LogP contribution < -0.4 is 5.32 Å². The number of ether oxygens (including phenoxy) is 2. The van der Waals surface area contributed by atoms with E-state index in [0.717, 1.165) is 10.5 Å². The summed E-state index contributed by atoms with van der Waals surface area (Å²) in [4.78, 5) is 48.1.